The van der Waals surface area contributed by atoms with Crippen molar-refractivity contribution in [3.05, 3.63) is 35.9 Å². The standard InChI is InChI=1S/C18H30N4/c1-15(9-10-16-7-5-4-6-8-16)21-18(19-2)20-13-17-11-12-22(3)14-17/h4-8,15,17H,9-14H2,1-3H3,(H2,19,20,21). The number of benzene rings is 1. The van der Waals surface area contributed by atoms with E-state index in [9.17, 15) is 0 Å². The number of hydrogen-bond acceptors (Lipinski definition) is 2. The van der Waals surface area contributed by atoms with Gasteiger partial charge in [0.05, 0.1) is 0 Å². The van der Waals surface area contributed by atoms with E-state index >= 15 is 0 Å². The predicted molar refractivity (Wildman–Crippen MR) is 94.3 cm³/mol. The molecule has 4 heteroatoms. The summed E-state index contributed by atoms with van der Waals surface area (Å²) in [6.45, 7) is 5.63. The van der Waals surface area contributed by atoms with Gasteiger partial charge in [0, 0.05) is 26.2 Å². The maximum Gasteiger partial charge on any atom is 0.191 e. The lowest BCUT2D eigenvalue weighted by Crippen LogP contribution is -2.44. The summed E-state index contributed by atoms with van der Waals surface area (Å²) in [4.78, 5) is 6.74. The third kappa shape index (κ3) is 5.68. The Balaban J connectivity index is 1.68. The summed E-state index contributed by atoms with van der Waals surface area (Å²) in [6.07, 6.45) is 3.49. The van der Waals surface area contributed by atoms with Crippen molar-refractivity contribution in [3.63, 3.8) is 0 Å². The lowest BCUT2D eigenvalue weighted by Gasteiger charge is -2.19. The van der Waals surface area contributed by atoms with Crippen molar-refractivity contribution < 1.29 is 0 Å². The molecule has 1 fully saturated rings. The largest absolute Gasteiger partial charge is 0.356 e. The Kier molecular flexibility index (Phi) is 6.72. The molecule has 1 aliphatic heterocycles. The van der Waals surface area contributed by atoms with Gasteiger partial charge < -0.3 is 15.5 Å². The summed E-state index contributed by atoms with van der Waals surface area (Å²) in [5.41, 5.74) is 1.40. The van der Waals surface area contributed by atoms with Gasteiger partial charge in [-0.3, -0.25) is 4.99 Å². The van der Waals surface area contributed by atoms with Gasteiger partial charge >= 0.3 is 0 Å². The van der Waals surface area contributed by atoms with E-state index in [0.717, 1.165) is 31.3 Å². The molecule has 0 saturated carbocycles. The first-order valence-electron chi connectivity index (χ1n) is 8.37. The van der Waals surface area contributed by atoms with Crippen LogP contribution in [0.5, 0.6) is 0 Å². The molecule has 1 aliphatic rings. The third-order valence-electron chi connectivity index (χ3n) is 4.36. The zero-order chi connectivity index (χ0) is 15.8. The zero-order valence-electron chi connectivity index (χ0n) is 14.2. The molecule has 0 radical (unpaired) electrons. The molecule has 2 atom stereocenters. The first kappa shape index (κ1) is 16.8. The van der Waals surface area contributed by atoms with E-state index in [1.165, 1.54) is 25.1 Å². The van der Waals surface area contributed by atoms with Crippen LogP contribution >= 0.6 is 0 Å². The Bertz CT molecular complexity index is 457. The second kappa shape index (κ2) is 8.79. The molecular formula is C18H30N4. The SMILES string of the molecule is CN=C(NCC1CCN(C)C1)NC(C)CCc1ccccc1. The van der Waals surface area contributed by atoms with Crippen LogP contribution in [0.4, 0.5) is 0 Å². The molecule has 2 rings (SSSR count). The maximum atomic E-state index is 4.34. The highest BCUT2D eigenvalue weighted by molar-refractivity contribution is 5.79. The second-order valence-corrected chi connectivity index (χ2v) is 6.44. The molecule has 0 amide bonds. The molecule has 1 aromatic rings. The quantitative estimate of drug-likeness (QED) is 0.625. The van der Waals surface area contributed by atoms with E-state index in [1.807, 2.05) is 7.05 Å². The monoisotopic (exact) mass is 302 g/mol. The molecule has 0 aromatic heterocycles. The minimum absolute atomic E-state index is 0.414. The second-order valence-electron chi connectivity index (χ2n) is 6.44. The van der Waals surface area contributed by atoms with Crippen molar-refractivity contribution in [3.8, 4) is 0 Å². The molecule has 2 N–H and O–H groups in total. The van der Waals surface area contributed by atoms with Gasteiger partial charge in [-0.15, -0.1) is 0 Å². The molecule has 4 nitrogen and oxygen atoms in total. The fourth-order valence-electron chi connectivity index (χ4n) is 2.96. The first-order valence-corrected chi connectivity index (χ1v) is 8.37. The average Bonchev–Trinajstić information content (AvgIpc) is 2.96. The van der Waals surface area contributed by atoms with Crippen LogP contribution in [-0.4, -0.2) is 50.6 Å². The summed E-state index contributed by atoms with van der Waals surface area (Å²) in [6, 6.07) is 11.1. The number of aliphatic imine (C=N–C) groups is 1. The van der Waals surface area contributed by atoms with Gasteiger partial charge in [0.2, 0.25) is 0 Å². The van der Waals surface area contributed by atoms with Crippen molar-refractivity contribution in [2.24, 2.45) is 10.9 Å². The molecule has 2 unspecified atom stereocenters. The number of nitrogens with one attached hydrogen (secondary N) is 2. The van der Waals surface area contributed by atoms with Crippen molar-refractivity contribution in [1.29, 1.82) is 0 Å². The lowest BCUT2D eigenvalue weighted by atomic mass is 10.1. The van der Waals surface area contributed by atoms with E-state index < -0.39 is 0 Å². The zero-order valence-corrected chi connectivity index (χ0v) is 14.2. The summed E-state index contributed by atoms with van der Waals surface area (Å²) in [5.74, 6) is 1.67. The predicted octanol–water partition coefficient (Wildman–Crippen LogP) is 2.12. The number of hydrogen-bond donors (Lipinski definition) is 2. The molecular weight excluding hydrogens is 272 g/mol. The van der Waals surface area contributed by atoms with Crippen LogP contribution in [0.25, 0.3) is 0 Å². The van der Waals surface area contributed by atoms with Crippen LogP contribution < -0.4 is 10.6 Å². The Labute approximate surface area is 135 Å². The van der Waals surface area contributed by atoms with Crippen molar-refractivity contribution >= 4 is 5.96 Å². The number of rotatable bonds is 6. The molecule has 1 heterocycles. The number of likely N-dealkylation sites (tertiary alicyclic amines) is 1. The van der Waals surface area contributed by atoms with E-state index in [2.05, 4.69) is 64.8 Å². The van der Waals surface area contributed by atoms with Crippen molar-refractivity contribution in [2.75, 3.05) is 33.7 Å². The van der Waals surface area contributed by atoms with Gasteiger partial charge in [-0.2, -0.15) is 0 Å². The fraction of sp³-hybridized carbons (Fsp3) is 0.611. The van der Waals surface area contributed by atoms with Crippen molar-refractivity contribution in [2.45, 2.75) is 32.2 Å². The van der Waals surface area contributed by atoms with E-state index in [-0.39, 0.29) is 0 Å². The molecule has 0 spiro atoms. The summed E-state index contributed by atoms with van der Waals surface area (Å²) >= 11 is 0. The Morgan fingerprint density at radius 3 is 2.77 bits per heavy atom. The highest BCUT2D eigenvalue weighted by Crippen LogP contribution is 2.12. The smallest absolute Gasteiger partial charge is 0.191 e. The molecule has 1 saturated heterocycles. The third-order valence-corrected chi connectivity index (χ3v) is 4.36. The number of nitrogens with zero attached hydrogens (tertiary/aromatic N) is 2. The molecule has 0 aliphatic carbocycles. The van der Waals surface area contributed by atoms with Crippen LogP contribution in [0.15, 0.2) is 35.3 Å². The fourth-order valence-corrected chi connectivity index (χ4v) is 2.96. The molecule has 22 heavy (non-hydrogen) atoms. The molecule has 122 valence electrons. The molecule has 1 aromatic carbocycles. The Hall–Kier alpha value is -1.55. The Morgan fingerprint density at radius 2 is 2.14 bits per heavy atom. The number of aryl methyl sites for hydroxylation is 1. The number of guanidine groups is 1. The van der Waals surface area contributed by atoms with E-state index in [0.29, 0.717) is 6.04 Å². The highest BCUT2D eigenvalue weighted by Gasteiger charge is 2.19. The summed E-state index contributed by atoms with van der Waals surface area (Å²) in [7, 11) is 4.04. The van der Waals surface area contributed by atoms with Crippen LogP contribution in [-0.2, 0) is 6.42 Å². The van der Waals surface area contributed by atoms with Crippen LogP contribution in [0, 0.1) is 5.92 Å². The first-order chi connectivity index (χ1) is 10.7. The van der Waals surface area contributed by atoms with Gasteiger partial charge in [-0.1, -0.05) is 30.3 Å². The maximum absolute atomic E-state index is 4.34. The summed E-state index contributed by atoms with van der Waals surface area (Å²) in [5, 5.41) is 6.97. The minimum atomic E-state index is 0.414. The van der Waals surface area contributed by atoms with Gasteiger partial charge in [0.15, 0.2) is 5.96 Å². The van der Waals surface area contributed by atoms with E-state index in [4.69, 9.17) is 0 Å². The van der Waals surface area contributed by atoms with Gasteiger partial charge in [-0.25, -0.2) is 0 Å². The Morgan fingerprint density at radius 1 is 1.36 bits per heavy atom. The van der Waals surface area contributed by atoms with E-state index in [1.54, 1.807) is 0 Å². The van der Waals surface area contributed by atoms with Crippen LogP contribution in [0.3, 0.4) is 0 Å². The highest BCUT2D eigenvalue weighted by atomic mass is 15.2. The van der Waals surface area contributed by atoms with Gasteiger partial charge in [0.1, 0.15) is 0 Å². The van der Waals surface area contributed by atoms with Crippen LogP contribution in [0.2, 0.25) is 0 Å². The van der Waals surface area contributed by atoms with Crippen LogP contribution in [0.1, 0.15) is 25.3 Å². The minimum Gasteiger partial charge on any atom is -0.356 e. The summed E-state index contributed by atoms with van der Waals surface area (Å²) < 4.78 is 0. The molecule has 0 bridgehead atoms. The van der Waals surface area contributed by atoms with Gasteiger partial charge in [0.25, 0.3) is 0 Å². The normalized spacial score (nSPS) is 20.9. The topological polar surface area (TPSA) is 39.7 Å². The van der Waals surface area contributed by atoms with Gasteiger partial charge in [-0.05, 0) is 51.3 Å². The lowest BCUT2D eigenvalue weighted by molar-refractivity contribution is 0.393. The van der Waals surface area contributed by atoms with Crippen molar-refractivity contribution in [1.82, 2.24) is 15.5 Å². The average molecular weight is 302 g/mol.